The summed E-state index contributed by atoms with van der Waals surface area (Å²) >= 11 is 3.42. The van der Waals surface area contributed by atoms with Gasteiger partial charge in [-0.2, -0.15) is 0 Å². The van der Waals surface area contributed by atoms with Crippen LogP contribution in [0.1, 0.15) is 24.8 Å². The Kier molecular flexibility index (Phi) is 4.13. The number of nitrogens with one attached hydrogen (secondary N) is 1. The van der Waals surface area contributed by atoms with Crippen LogP contribution in [0.4, 0.5) is 0 Å². The summed E-state index contributed by atoms with van der Waals surface area (Å²) in [6.07, 6.45) is 3.90. The molecule has 2 rings (SSSR count). The van der Waals surface area contributed by atoms with E-state index >= 15 is 0 Å². The van der Waals surface area contributed by atoms with E-state index in [9.17, 15) is 4.79 Å². The molecule has 2 nitrogen and oxygen atoms in total. The zero-order valence-electron chi connectivity index (χ0n) is 9.21. The number of hydrogen-bond donors (Lipinski definition) is 1. The Morgan fingerprint density at radius 2 is 2.31 bits per heavy atom. The second kappa shape index (κ2) is 5.60. The van der Waals surface area contributed by atoms with Gasteiger partial charge in [0.05, 0.1) is 6.04 Å². The summed E-state index contributed by atoms with van der Waals surface area (Å²) in [7, 11) is 0. The van der Waals surface area contributed by atoms with Crippen LogP contribution in [0.3, 0.4) is 0 Å². The maximum atomic E-state index is 12.0. The standard InChI is InChI=1S/C13H16BrNO/c14-11-5-3-4-10(8-11)9-13(16)12-6-1-2-7-15-12/h3-5,8,12,15H,1-2,6-7,9H2. The Bertz CT molecular complexity index is 372. The molecule has 1 aromatic rings. The molecule has 1 heterocycles. The number of halogens is 1. The lowest BCUT2D eigenvalue weighted by Gasteiger charge is -2.22. The highest BCUT2D eigenvalue weighted by Gasteiger charge is 2.20. The van der Waals surface area contributed by atoms with Crippen molar-refractivity contribution in [2.75, 3.05) is 6.54 Å². The van der Waals surface area contributed by atoms with Crippen molar-refractivity contribution >= 4 is 21.7 Å². The van der Waals surface area contributed by atoms with E-state index in [-0.39, 0.29) is 6.04 Å². The smallest absolute Gasteiger partial charge is 0.154 e. The Labute approximate surface area is 105 Å². The van der Waals surface area contributed by atoms with Gasteiger partial charge in [0, 0.05) is 10.9 Å². The van der Waals surface area contributed by atoms with Crippen molar-refractivity contribution in [2.45, 2.75) is 31.7 Å². The SMILES string of the molecule is O=C(Cc1cccc(Br)c1)C1CCCCN1. The fraction of sp³-hybridized carbons (Fsp3) is 0.462. The van der Waals surface area contributed by atoms with Gasteiger partial charge in [0.15, 0.2) is 5.78 Å². The van der Waals surface area contributed by atoms with Gasteiger partial charge in [-0.25, -0.2) is 0 Å². The number of ketones is 1. The van der Waals surface area contributed by atoms with Crippen molar-refractivity contribution in [1.82, 2.24) is 5.32 Å². The molecule has 1 aliphatic rings. The van der Waals surface area contributed by atoms with Gasteiger partial charge in [-0.3, -0.25) is 4.79 Å². The lowest BCUT2D eigenvalue weighted by atomic mass is 9.97. The predicted octanol–water partition coefficient (Wildman–Crippen LogP) is 2.70. The van der Waals surface area contributed by atoms with Crippen molar-refractivity contribution in [2.24, 2.45) is 0 Å². The molecular weight excluding hydrogens is 266 g/mol. The highest BCUT2D eigenvalue weighted by molar-refractivity contribution is 9.10. The Morgan fingerprint density at radius 3 is 3.00 bits per heavy atom. The van der Waals surface area contributed by atoms with Crippen LogP contribution in [0, 0.1) is 0 Å². The first kappa shape index (κ1) is 11.8. The summed E-state index contributed by atoms with van der Waals surface area (Å²) in [5, 5.41) is 3.29. The van der Waals surface area contributed by atoms with E-state index in [4.69, 9.17) is 0 Å². The van der Waals surface area contributed by atoms with Crippen molar-refractivity contribution in [3.63, 3.8) is 0 Å². The molecule has 0 aromatic heterocycles. The van der Waals surface area contributed by atoms with Gasteiger partial charge in [-0.1, -0.05) is 34.5 Å². The summed E-state index contributed by atoms with van der Waals surface area (Å²) < 4.78 is 1.04. The molecule has 0 aliphatic carbocycles. The average molecular weight is 282 g/mol. The van der Waals surface area contributed by atoms with E-state index in [0.717, 1.165) is 23.0 Å². The molecule has 1 unspecified atom stereocenters. The molecule has 1 fully saturated rings. The third-order valence-corrected chi connectivity index (χ3v) is 3.46. The van der Waals surface area contributed by atoms with Crippen LogP contribution < -0.4 is 5.32 Å². The fourth-order valence-corrected chi connectivity index (χ4v) is 2.54. The molecule has 1 saturated heterocycles. The highest BCUT2D eigenvalue weighted by Crippen LogP contribution is 2.14. The van der Waals surface area contributed by atoms with Crippen molar-refractivity contribution < 1.29 is 4.79 Å². The topological polar surface area (TPSA) is 29.1 Å². The molecular formula is C13H16BrNO. The molecule has 16 heavy (non-hydrogen) atoms. The number of carbonyl (C=O) groups is 1. The Hall–Kier alpha value is -0.670. The summed E-state index contributed by atoms with van der Waals surface area (Å²) in [4.78, 5) is 12.0. The molecule has 0 bridgehead atoms. The van der Waals surface area contributed by atoms with Gasteiger partial charge in [0.25, 0.3) is 0 Å². The molecule has 1 aromatic carbocycles. The minimum absolute atomic E-state index is 0.0766. The fourth-order valence-electron chi connectivity index (χ4n) is 2.10. The van der Waals surface area contributed by atoms with Crippen LogP contribution in [-0.2, 0) is 11.2 Å². The van der Waals surface area contributed by atoms with E-state index in [1.54, 1.807) is 0 Å². The third-order valence-electron chi connectivity index (χ3n) is 2.97. The number of rotatable bonds is 3. The predicted molar refractivity (Wildman–Crippen MR) is 68.5 cm³/mol. The summed E-state index contributed by atoms with van der Waals surface area (Å²) in [6, 6.07) is 8.05. The zero-order chi connectivity index (χ0) is 11.4. The van der Waals surface area contributed by atoms with Crippen molar-refractivity contribution in [3.8, 4) is 0 Å². The molecule has 0 amide bonds. The molecule has 1 aliphatic heterocycles. The van der Waals surface area contributed by atoms with E-state index < -0.39 is 0 Å². The number of Topliss-reactive ketones (excluding diaryl/α,β-unsaturated/α-hetero) is 1. The monoisotopic (exact) mass is 281 g/mol. The van der Waals surface area contributed by atoms with E-state index in [1.807, 2.05) is 24.3 Å². The number of piperidine rings is 1. The number of benzene rings is 1. The lowest BCUT2D eigenvalue weighted by Crippen LogP contribution is -2.41. The first-order valence-corrected chi connectivity index (χ1v) is 6.55. The molecule has 0 saturated carbocycles. The normalized spacial score (nSPS) is 20.7. The molecule has 1 N–H and O–H groups in total. The highest BCUT2D eigenvalue weighted by atomic mass is 79.9. The van der Waals surface area contributed by atoms with Gasteiger partial charge < -0.3 is 5.32 Å². The second-order valence-electron chi connectivity index (χ2n) is 4.28. The quantitative estimate of drug-likeness (QED) is 0.923. The lowest BCUT2D eigenvalue weighted by molar-refractivity contribution is -0.120. The molecule has 0 radical (unpaired) electrons. The maximum Gasteiger partial charge on any atom is 0.154 e. The Balaban J connectivity index is 1.96. The molecule has 1 atom stereocenters. The van der Waals surface area contributed by atoms with Crippen LogP contribution in [-0.4, -0.2) is 18.4 Å². The maximum absolute atomic E-state index is 12.0. The van der Waals surface area contributed by atoms with Gasteiger partial charge in [-0.05, 0) is 37.1 Å². The van der Waals surface area contributed by atoms with E-state index in [1.165, 1.54) is 12.8 Å². The van der Waals surface area contributed by atoms with Crippen molar-refractivity contribution in [3.05, 3.63) is 34.3 Å². The molecule has 3 heteroatoms. The third kappa shape index (κ3) is 3.16. The molecule has 0 spiro atoms. The van der Waals surface area contributed by atoms with E-state index in [2.05, 4.69) is 21.2 Å². The molecule has 86 valence electrons. The minimum Gasteiger partial charge on any atom is -0.307 e. The zero-order valence-corrected chi connectivity index (χ0v) is 10.8. The largest absolute Gasteiger partial charge is 0.307 e. The summed E-state index contributed by atoms with van der Waals surface area (Å²) in [6.45, 7) is 0.981. The first-order chi connectivity index (χ1) is 7.75. The van der Waals surface area contributed by atoms with Crippen LogP contribution in [0.2, 0.25) is 0 Å². The van der Waals surface area contributed by atoms with Crippen LogP contribution in [0.15, 0.2) is 28.7 Å². The first-order valence-electron chi connectivity index (χ1n) is 5.76. The van der Waals surface area contributed by atoms with Gasteiger partial charge in [0.1, 0.15) is 0 Å². The second-order valence-corrected chi connectivity index (χ2v) is 5.19. The summed E-state index contributed by atoms with van der Waals surface area (Å²) in [5.74, 6) is 0.317. The van der Waals surface area contributed by atoms with Gasteiger partial charge >= 0.3 is 0 Å². The Morgan fingerprint density at radius 1 is 1.44 bits per heavy atom. The van der Waals surface area contributed by atoms with Crippen LogP contribution in [0.5, 0.6) is 0 Å². The van der Waals surface area contributed by atoms with Gasteiger partial charge in [-0.15, -0.1) is 0 Å². The van der Waals surface area contributed by atoms with Crippen LogP contribution >= 0.6 is 15.9 Å². The van der Waals surface area contributed by atoms with E-state index in [0.29, 0.717) is 12.2 Å². The van der Waals surface area contributed by atoms with Crippen LogP contribution in [0.25, 0.3) is 0 Å². The number of hydrogen-bond acceptors (Lipinski definition) is 2. The van der Waals surface area contributed by atoms with Crippen molar-refractivity contribution in [1.29, 1.82) is 0 Å². The summed E-state index contributed by atoms with van der Waals surface area (Å²) in [5.41, 5.74) is 1.09. The number of carbonyl (C=O) groups excluding carboxylic acids is 1. The van der Waals surface area contributed by atoms with Gasteiger partial charge in [0.2, 0.25) is 0 Å². The minimum atomic E-state index is 0.0766. The average Bonchev–Trinajstić information content (AvgIpc) is 2.30.